The van der Waals surface area contributed by atoms with Crippen molar-refractivity contribution in [1.29, 1.82) is 0 Å². The van der Waals surface area contributed by atoms with Gasteiger partial charge in [0.15, 0.2) is 0 Å². The van der Waals surface area contributed by atoms with E-state index in [9.17, 15) is 74.1 Å². The number of phenols is 4. The average Bonchev–Trinajstić information content (AvgIpc) is 3.45. The van der Waals surface area contributed by atoms with E-state index in [1.807, 2.05) is 72.8 Å². The van der Waals surface area contributed by atoms with Crippen LogP contribution in [0.4, 0.5) is 34.5 Å². The molecule has 0 aliphatic carbocycles. The van der Waals surface area contributed by atoms with Crippen LogP contribution in [0.15, 0.2) is 195 Å². The Morgan fingerprint density at radius 2 is 0.476 bits per heavy atom. The first-order valence-corrected chi connectivity index (χ1v) is 24.7. The van der Waals surface area contributed by atoms with Crippen molar-refractivity contribution in [1.82, 2.24) is 41.2 Å². The number of hydrogen-bond acceptors (Lipinski definition) is 12. The van der Waals surface area contributed by atoms with E-state index >= 15 is 0 Å². The molecular weight excluding hydrogens is 1210 g/mol. The number of nitrogens with zero attached hydrogens (tertiary/aromatic N) is 4. The molecule has 4 aromatic heterocycles. The summed E-state index contributed by atoms with van der Waals surface area (Å²) in [6.07, 6.45) is 9.56. The Hall–Kier alpha value is -8.83. The van der Waals surface area contributed by atoms with Crippen molar-refractivity contribution in [3.63, 3.8) is 0 Å². The van der Waals surface area contributed by atoms with Crippen LogP contribution in [0.1, 0.15) is 64.2 Å². The monoisotopic (exact) mass is 1270 g/mol. The van der Waals surface area contributed by atoms with Crippen LogP contribution in [0, 0.1) is 0 Å². The number of benzene rings is 4. The van der Waals surface area contributed by atoms with Crippen LogP contribution < -0.4 is 21.3 Å². The molecule has 8 aromatic rings. The van der Waals surface area contributed by atoms with Crippen molar-refractivity contribution in [3.05, 3.63) is 240 Å². The molecule has 0 fully saturated rings. The fraction of sp³-hybridized carbons (Fsp3) is 0.143. The molecule has 452 valence electrons. The fourth-order valence-corrected chi connectivity index (χ4v) is 6.44. The van der Waals surface area contributed by atoms with Crippen LogP contribution in [0.25, 0.3) is 0 Å². The molecule has 8 rings (SSSR count). The molecule has 84 heavy (non-hydrogen) atoms. The number of hydrogen-bond donors (Lipinski definition) is 8. The number of rotatable bonds is 16. The van der Waals surface area contributed by atoms with Crippen LogP contribution >= 0.6 is 0 Å². The normalized spacial score (nSPS) is 10.0. The van der Waals surface area contributed by atoms with E-state index in [-0.39, 0.29) is 80.8 Å². The third kappa shape index (κ3) is 33.2. The van der Waals surface area contributed by atoms with Crippen LogP contribution in [0.5, 0.6) is 23.0 Å². The molecule has 4 amide bonds. The zero-order chi connectivity index (χ0) is 60.2. The molecule has 4 aromatic carbocycles. The fourth-order valence-electron chi connectivity index (χ4n) is 6.44. The maximum atomic E-state index is 11.8. The van der Waals surface area contributed by atoms with Crippen LogP contribution in [0.2, 0.25) is 0 Å². The van der Waals surface area contributed by atoms with Crippen molar-refractivity contribution in [3.8, 4) is 23.0 Å². The van der Waals surface area contributed by atoms with E-state index in [2.05, 4.69) is 41.2 Å². The van der Waals surface area contributed by atoms with Crippen molar-refractivity contribution in [2.24, 2.45) is 0 Å². The number of nitrogens with one attached hydrogen (secondary N) is 4. The maximum absolute atomic E-state index is 11.8. The molecular formula is C56H56B2Cu2F8N8O8. The van der Waals surface area contributed by atoms with Crippen molar-refractivity contribution < 1.29 is 108 Å². The standard InChI is InChI=1S/4C14H14N2O2.2BF4.2Cu/c4*17-13-7-2-1-6-12(13)14(18)16-10-8-11-5-3-4-9-15-11;2*2-1(3,4)5;;/h4*1-7,9,17H,8,10H2,(H,16,18);;;;/q;;;;2*-1;2*+1. The molecule has 0 aliphatic heterocycles. The Kier molecular flexibility index (Phi) is 35.2. The van der Waals surface area contributed by atoms with Gasteiger partial charge in [0.05, 0.1) is 22.3 Å². The Balaban J connectivity index is 0.000000526. The summed E-state index contributed by atoms with van der Waals surface area (Å²) in [6.45, 7) is 1.96. The van der Waals surface area contributed by atoms with Crippen LogP contribution in [-0.4, -0.2) is 105 Å². The number of aromatic hydroxyl groups is 4. The number of aromatic nitrogens is 4. The number of carbonyl (C=O) groups is 4. The Morgan fingerprint density at radius 3 is 0.631 bits per heavy atom. The largest absolute Gasteiger partial charge is 1.00 e. The van der Waals surface area contributed by atoms with Gasteiger partial charge >= 0.3 is 48.6 Å². The number of phenolic OH excluding ortho intramolecular Hbond substituents is 4. The van der Waals surface area contributed by atoms with Crippen molar-refractivity contribution >= 4 is 38.1 Å². The molecule has 0 unspecified atom stereocenters. The Morgan fingerprint density at radius 1 is 0.310 bits per heavy atom. The molecule has 0 radical (unpaired) electrons. The molecule has 4 heterocycles. The van der Waals surface area contributed by atoms with Gasteiger partial charge in [-0.3, -0.25) is 39.1 Å². The van der Waals surface area contributed by atoms with Gasteiger partial charge in [-0.1, -0.05) is 72.8 Å². The van der Waals surface area contributed by atoms with Gasteiger partial charge in [0.25, 0.3) is 23.6 Å². The van der Waals surface area contributed by atoms with Gasteiger partial charge in [-0.15, -0.1) is 0 Å². The van der Waals surface area contributed by atoms with Gasteiger partial charge in [-0.25, -0.2) is 0 Å². The number of halogens is 8. The minimum atomic E-state index is -6.00. The van der Waals surface area contributed by atoms with Gasteiger partial charge in [-0.2, -0.15) is 0 Å². The molecule has 0 aliphatic rings. The second-order valence-electron chi connectivity index (χ2n) is 16.4. The first-order valence-electron chi connectivity index (χ1n) is 24.7. The smallest absolute Gasteiger partial charge is 0.507 e. The number of amides is 4. The quantitative estimate of drug-likeness (QED) is 0.0333. The number of pyridine rings is 4. The molecule has 8 N–H and O–H groups in total. The average molecular weight is 1270 g/mol. The molecule has 0 atom stereocenters. The van der Waals surface area contributed by atoms with Gasteiger partial charge in [-0.05, 0) is 97.1 Å². The summed E-state index contributed by atoms with van der Waals surface area (Å²) in [7, 11) is -12.0. The van der Waals surface area contributed by atoms with E-state index < -0.39 is 14.5 Å². The maximum Gasteiger partial charge on any atom is 1.00 e. The van der Waals surface area contributed by atoms with E-state index in [0.717, 1.165) is 22.8 Å². The molecule has 0 saturated heterocycles. The summed E-state index contributed by atoms with van der Waals surface area (Å²) in [5.41, 5.74) is 4.87. The second kappa shape index (κ2) is 40.4. The minimum Gasteiger partial charge on any atom is -0.507 e. The summed E-state index contributed by atoms with van der Waals surface area (Å²) >= 11 is 0. The van der Waals surface area contributed by atoms with Gasteiger partial charge in [0.1, 0.15) is 23.0 Å². The molecule has 16 nitrogen and oxygen atoms in total. The summed E-state index contributed by atoms with van der Waals surface area (Å²) in [5.74, 6) is -1.12. The van der Waals surface area contributed by atoms with Crippen LogP contribution in [0.3, 0.4) is 0 Å². The predicted octanol–water partition coefficient (Wildman–Crippen LogP) is 9.63. The zero-order valence-corrected chi connectivity index (χ0v) is 46.0. The minimum absolute atomic E-state index is 0. The third-order valence-electron chi connectivity index (χ3n) is 10.2. The second-order valence-corrected chi connectivity index (χ2v) is 16.4. The SMILES string of the molecule is F[B-](F)(F)F.F[B-](F)(F)F.O=C(NCCc1ccccn1)c1ccccc1O.O=C(NCCc1ccccn1)c1ccccc1O.O=C(NCCc1ccccn1)c1ccccc1O.O=C(NCCc1ccccn1)c1ccccc1O.[Cu+].[Cu+]. The summed E-state index contributed by atoms with van der Waals surface area (Å²) in [4.78, 5) is 63.7. The molecule has 0 bridgehead atoms. The number of carbonyl (C=O) groups excluding carboxylic acids is 4. The Bertz CT molecular complexity index is 2740. The zero-order valence-electron chi connectivity index (χ0n) is 44.1. The van der Waals surface area contributed by atoms with Crippen LogP contribution in [-0.2, 0) is 59.8 Å². The van der Waals surface area contributed by atoms with Crippen molar-refractivity contribution in [2.75, 3.05) is 26.2 Å². The predicted molar refractivity (Wildman–Crippen MR) is 294 cm³/mol. The number of para-hydroxylation sites is 4. The summed E-state index contributed by atoms with van der Waals surface area (Å²) < 4.78 is 78.0. The molecule has 0 saturated carbocycles. The summed E-state index contributed by atoms with van der Waals surface area (Å²) in [6, 6.07) is 48.6. The van der Waals surface area contributed by atoms with E-state index in [0.29, 0.717) is 74.1 Å². The topological polar surface area (TPSA) is 249 Å². The van der Waals surface area contributed by atoms with Gasteiger partial charge in [0.2, 0.25) is 0 Å². The van der Waals surface area contributed by atoms with Crippen molar-refractivity contribution in [2.45, 2.75) is 25.7 Å². The Labute approximate surface area is 499 Å². The summed E-state index contributed by atoms with van der Waals surface area (Å²) in [5, 5.41) is 49.1. The van der Waals surface area contributed by atoms with Gasteiger partial charge in [0, 0.05) is 99.4 Å². The molecule has 28 heteroatoms. The van der Waals surface area contributed by atoms with E-state index in [4.69, 9.17) is 0 Å². The van der Waals surface area contributed by atoms with Gasteiger partial charge < -0.3 is 76.2 Å². The van der Waals surface area contributed by atoms with E-state index in [1.54, 1.807) is 97.6 Å². The first-order chi connectivity index (χ1) is 39.1. The first kappa shape index (κ1) is 73.2. The third-order valence-corrected chi connectivity index (χ3v) is 10.2. The molecule has 0 spiro atoms. The van der Waals surface area contributed by atoms with E-state index in [1.165, 1.54) is 24.3 Å².